The summed E-state index contributed by atoms with van der Waals surface area (Å²) in [5, 5.41) is 9.38. The highest BCUT2D eigenvalue weighted by Gasteiger charge is 2.20. The van der Waals surface area contributed by atoms with E-state index in [4.69, 9.17) is 0 Å². The molecular weight excluding hydrogens is 332 g/mol. The zero-order valence-electron chi connectivity index (χ0n) is 15.1. The lowest BCUT2D eigenvalue weighted by molar-refractivity contribution is 0.119. The molecule has 2 nitrogen and oxygen atoms in total. The van der Waals surface area contributed by atoms with E-state index in [1.807, 2.05) is 24.3 Å². The number of hydrogen-bond acceptors (Lipinski definition) is 2. The fourth-order valence-electron chi connectivity index (χ4n) is 3.94. The molecule has 1 aliphatic heterocycles. The fraction of sp³-hybridized carbons (Fsp3) is 0.455. The maximum absolute atomic E-state index is 13.3. The van der Waals surface area contributed by atoms with Gasteiger partial charge in [-0.15, -0.1) is 0 Å². The largest absolute Gasteiger partial charge is 0.396 e. The van der Waals surface area contributed by atoms with Crippen LogP contribution in [-0.4, -0.2) is 36.2 Å². The second kappa shape index (κ2) is 9.24. The number of aliphatic hydroxyl groups excluding tert-OH is 1. The summed E-state index contributed by atoms with van der Waals surface area (Å²) < 4.78 is 26.6. The summed E-state index contributed by atoms with van der Waals surface area (Å²) in [4.78, 5) is 2.43. The highest BCUT2D eigenvalue weighted by Crippen LogP contribution is 2.30. The number of halogens is 2. The third-order valence-corrected chi connectivity index (χ3v) is 5.37. The van der Waals surface area contributed by atoms with Gasteiger partial charge in [0, 0.05) is 19.1 Å². The van der Waals surface area contributed by atoms with Gasteiger partial charge < -0.3 is 10.0 Å². The number of hydrogen-bond donors (Lipinski definition) is 1. The van der Waals surface area contributed by atoms with E-state index in [9.17, 15) is 13.9 Å². The molecule has 1 heterocycles. The second-order valence-electron chi connectivity index (χ2n) is 7.29. The van der Waals surface area contributed by atoms with E-state index >= 15 is 0 Å². The highest BCUT2D eigenvalue weighted by atomic mass is 19.1. The standard InChI is InChI=1S/C22H27F2NO/c23-20-9-5-18(6-10-20)22(19-7-11-21(24)12-8-19)4-2-14-25-13-1-3-17(15-25)16-26/h5-12,17,22,26H,1-4,13-16H2. The smallest absolute Gasteiger partial charge is 0.123 e. The van der Waals surface area contributed by atoms with E-state index in [2.05, 4.69) is 4.90 Å². The van der Waals surface area contributed by atoms with Gasteiger partial charge in [0.05, 0.1) is 0 Å². The zero-order chi connectivity index (χ0) is 18.4. The van der Waals surface area contributed by atoms with Crippen molar-refractivity contribution in [2.24, 2.45) is 5.92 Å². The minimum atomic E-state index is -0.241. The van der Waals surface area contributed by atoms with Crippen molar-refractivity contribution in [1.82, 2.24) is 4.90 Å². The predicted octanol–water partition coefficient (Wildman–Crippen LogP) is 4.58. The molecule has 0 saturated carbocycles. The van der Waals surface area contributed by atoms with Crippen LogP contribution in [0.3, 0.4) is 0 Å². The molecule has 2 aromatic carbocycles. The van der Waals surface area contributed by atoms with Crippen molar-refractivity contribution in [1.29, 1.82) is 0 Å². The van der Waals surface area contributed by atoms with Gasteiger partial charge in [-0.2, -0.15) is 0 Å². The molecule has 0 aromatic heterocycles. The number of likely N-dealkylation sites (tertiary alicyclic amines) is 1. The molecule has 0 amide bonds. The van der Waals surface area contributed by atoms with Crippen molar-refractivity contribution < 1.29 is 13.9 Å². The van der Waals surface area contributed by atoms with Crippen molar-refractivity contribution in [2.45, 2.75) is 31.6 Å². The molecule has 1 atom stereocenters. The molecule has 2 aromatic rings. The normalized spacial score (nSPS) is 18.4. The summed E-state index contributed by atoms with van der Waals surface area (Å²) in [6.45, 7) is 3.32. The Hall–Kier alpha value is -1.78. The van der Waals surface area contributed by atoms with Crippen LogP contribution in [0.1, 0.15) is 42.7 Å². The Morgan fingerprint density at radius 1 is 0.962 bits per heavy atom. The monoisotopic (exact) mass is 359 g/mol. The first-order valence-electron chi connectivity index (χ1n) is 9.50. The van der Waals surface area contributed by atoms with Crippen molar-refractivity contribution in [3.8, 4) is 0 Å². The molecule has 1 unspecified atom stereocenters. The summed E-state index contributed by atoms with van der Waals surface area (Å²) in [6.07, 6.45) is 4.19. The van der Waals surface area contributed by atoms with Gasteiger partial charge in [0.1, 0.15) is 11.6 Å². The molecule has 0 bridgehead atoms. The fourth-order valence-corrected chi connectivity index (χ4v) is 3.94. The van der Waals surface area contributed by atoms with E-state index in [1.54, 1.807) is 0 Å². The third-order valence-electron chi connectivity index (χ3n) is 5.37. The van der Waals surface area contributed by atoms with Gasteiger partial charge in [-0.3, -0.25) is 0 Å². The van der Waals surface area contributed by atoms with E-state index in [0.717, 1.165) is 56.4 Å². The van der Waals surface area contributed by atoms with Gasteiger partial charge >= 0.3 is 0 Å². The van der Waals surface area contributed by atoms with Crippen molar-refractivity contribution in [2.75, 3.05) is 26.2 Å². The van der Waals surface area contributed by atoms with Crippen LogP contribution in [0, 0.1) is 17.6 Å². The van der Waals surface area contributed by atoms with Crippen LogP contribution in [-0.2, 0) is 0 Å². The lowest BCUT2D eigenvalue weighted by Gasteiger charge is -2.32. The summed E-state index contributed by atoms with van der Waals surface area (Å²) in [7, 11) is 0. The molecular formula is C22H27F2NO. The van der Waals surface area contributed by atoms with Crippen molar-refractivity contribution in [3.05, 3.63) is 71.3 Å². The number of benzene rings is 2. The average molecular weight is 359 g/mol. The van der Waals surface area contributed by atoms with Crippen molar-refractivity contribution in [3.63, 3.8) is 0 Å². The van der Waals surface area contributed by atoms with Gasteiger partial charge in [-0.1, -0.05) is 24.3 Å². The lowest BCUT2D eigenvalue weighted by atomic mass is 9.87. The number of nitrogens with zero attached hydrogens (tertiary/aromatic N) is 1. The zero-order valence-corrected chi connectivity index (χ0v) is 15.1. The average Bonchev–Trinajstić information content (AvgIpc) is 2.67. The van der Waals surface area contributed by atoms with E-state index in [0.29, 0.717) is 5.92 Å². The van der Waals surface area contributed by atoms with E-state index in [1.165, 1.54) is 24.3 Å². The first-order chi connectivity index (χ1) is 12.7. The quantitative estimate of drug-likeness (QED) is 0.782. The van der Waals surface area contributed by atoms with Crippen LogP contribution in [0.2, 0.25) is 0 Å². The predicted molar refractivity (Wildman–Crippen MR) is 100 cm³/mol. The van der Waals surface area contributed by atoms with Crippen LogP contribution in [0.15, 0.2) is 48.5 Å². The Labute approximate surface area is 154 Å². The van der Waals surface area contributed by atoms with Crippen LogP contribution in [0.5, 0.6) is 0 Å². The Kier molecular flexibility index (Phi) is 6.75. The maximum atomic E-state index is 13.3. The van der Waals surface area contributed by atoms with Crippen LogP contribution in [0.25, 0.3) is 0 Å². The highest BCUT2D eigenvalue weighted by molar-refractivity contribution is 5.32. The van der Waals surface area contributed by atoms with E-state index in [-0.39, 0.29) is 24.2 Å². The minimum Gasteiger partial charge on any atom is -0.396 e. The van der Waals surface area contributed by atoms with Crippen LogP contribution >= 0.6 is 0 Å². The van der Waals surface area contributed by atoms with Gasteiger partial charge in [-0.05, 0) is 80.1 Å². The maximum Gasteiger partial charge on any atom is 0.123 e. The Morgan fingerprint density at radius 3 is 2.08 bits per heavy atom. The second-order valence-corrected chi connectivity index (χ2v) is 7.29. The van der Waals surface area contributed by atoms with Gasteiger partial charge in [0.25, 0.3) is 0 Å². The Morgan fingerprint density at radius 2 is 1.54 bits per heavy atom. The van der Waals surface area contributed by atoms with Crippen LogP contribution in [0.4, 0.5) is 8.78 Å². The first-order valence-corrected chi connectivity index (χ1v) is 9.50. The number of rotatable bonds is 7. The third kappa shape index (κ3) is 5.12. The van der Waals surface area contributed by atoms with Gasteiger partial charge in [-0.25, -0.2) is 8.78 Å². The molecule has 1 aliphatic rings. The Balaban J connectivity index is 1.66. The van der Waals surface area contributed by atoms with Crippen LogP contribution < -0.4 is 0 Å². The number of aliphatic hydroxyl groups is 1. The molecule has 3 rings (SSSR count). The molecule has 26 heavy (non-hydrogen) atoms. The van der Waals surface area contributed by atoms with E-state index < -0.39 is 0 Å². The summed E-state index contributed by atoms with van der Waals surface area (Å²) in [5.74, 6) is 0.0494. The van der Waals surface area contributed by atoms with Gasteiger partial charge in [0.15, 0.2) is 0 Å². The summed E-state index contributed by atoms with van der Waals surface area (Å²) in [5.41, 5.74) is 2.12. The molecule has 1 fully saturated rings. The molecule has 4 heteroatoms. The van der Waals surface area contributed by atoms with Gasteiger partial charge in [0.2, 0.25) is 0 Å². The van der Waals surface area contributed by atoms with Crippen molar-refractivity contribution >= 4 is 0 Å². The lowest BCUT2D eigenvalue weighted by Crippen LogP contribution is -2.37. The molecule has 1 N–H and O–H groups in total. The minimum absolute atomic E-state index is 0.134. The molecule has 140 valence electrons. The number of piperidine rings is 1. The molecule has 0 radical (unpaired) electrons. The summed E-state index contributed by atoms with van der Waals surface area (Å²) >= 11 is 0. The molecule has 0 aliphatic carbocycles. The first kappa shape index (κ1) is 19.0. The SMILES string of the molecule is OCC1CCCN(CCCC(c2ccc(F)cc2)c2ccc(F)cc2)C1. The topological polar surface area (TPSA) is 23.5 Å². The molecule has 0 spiro atoms. The summed E-state index contributed by atoms with van der Waals surface area (Å²) in [6, 6.07) is 13.3. The molecule has 1 saturated heterocycles. The Bertz CT molecular complexity index is 626.